The number of nitrogens with zero attached hydrogens (tertiary/aromatic N) is 1. The van der Waals surface area contributed by atoms with Crippen molar-refractivity contribution in [3.63, 3.8) is 0 Å². The van der Waals surface area contributed by atoms with E-state index >= 15 is 0 Å². The number of rotatable bonds is 4. The summed E-state index contributed by atoms with van der Waals surface area (Å²) in [5.41, 5.74) is 1.03. The number of aliphatic hydroxyl groups is 1. The highest BCUT2D eigenvalue weighted by Crippen LogP contribution is 2.29. The Morgan fingerprint density at radius 1 is 1.17 bits per heavy atom. The molecule has 7 heteroatoms. The zero-order valence-electron chi connectivity index (χ0n) is 12.2. The molecule has 1 heterocycles. The van der Waals surface area contributed by atoms with Crippen LogP contribution in [0, 0.1) is 0 Å². The molecule has 0 spiro atoms. The van der Waals surface area contributed by atoms with Crippen LogP contribution in [0.2, 0.25) is 0 Å². The van der Waals surface area contributed by atoms with E-state index in [1.165, 1.54) is 29.4 Å². The Morgan fingerprint density at radius 2 is 1.87 bits per heavy atom. The Hall–Kier alpha value is -1.83. The second-order valence-electron chi connectivity index (χ2n) is 4.95. The lowest BCUT2D eigenvalue weighted by atomic mass is 10.2. The van der Waals surface area contributed by atoms with Crippen molar-refractivity contribution < 1.29 is 18.3 Å². The Kier molecular flexibility index (Phi) is 4.18. The Balaban J connectivity index is 2.25. The quantitative estimate of drug-likeness (QED) is 0.736. The predicted octanol–water partition coefficient (Wildman–Crippen LogP) is 3.14. The lowest BCUT2D eigenvalue weighted by Gasteiger charge is -2.08. The number of methoxy groups -OCH3 is 1. The van der Waals surface area contributed by atoms with Gasteiger partial charge in [-0.15, -0.1) is 0 Å². The third kappa shape index (κ3) is 2.75. The van der Waals surface area contributed by atoms with Gasteiger partial charge in [0.1, 0.15) is 5.75 Å². The number of fused-ring (bicyclic) bond motifs is 1. The van der Waals surface area contributed by atoms with Crippen molar-refractivity contribution in [3.05, 3.63) is 58.7 Å². The Labute approximate surface area is 142 Å². The van der Waals surface area contributed by atoms with Crippen molar-refractivity contribution in [2.24, 2.45) is 0 Å². The van der Waals surface area contributed by atoms with E-state index in [-0.39, 0.29) is 11.5 Å². The zero-order chi connectivity index (χ0) is 16.6. The van der Waals surface area contributed by atoms with Gasteiger partial charge in [0.15, 0.2) is 0 Å². The molecule has 3 rings (SSSR count). The molecule has 0 bridgehead atoms. The molecule has 0 fully saturated rings. The first kappa shape index (κ1) is 16.0. The van der Waals surface area contributed by atoms with Crippen molar-refractivity contribution in [1.29, 1.82) is 0 Å². The maximum absolute atomic E-state index is 12.9. The summed E-state index contributed by atoms with van der Waals surface area (Å²) in [6.45, 7) is -0.257. The van der Waals surface area contributed by atoms with Gasteiger partial charge in [-0.2, -0.15) is 0 Å². The number of aromatic nitrogens is 1. The molecular formula is C16H14BrNO4S. The molecule has 0 saturated heterocycles. The van der Waals surface area contributed by atoms with Crippen LogP contribution in [-0.4, -0.2) is 24.6 Å². The van der Waals surface area contributed by atoms with Crippen LogP contribution < -0.4 is 4.74 Å². The van der Waals surface area contributed by atoms with Crippen molar-refractivity contribution in [2.75, 3.05) is 7.11 Å². The standard InChI is InChI=1S/C16H14BrNO4S/c1-22-13-4-7-16-15(8-13)11(10-19)9-18(16)23(20,21)14-5-2-12(17)3-6-14/h2-9,19H,10H2,1H3. The van der Waals surface area contributed by atoms with E-state index in [9.17, 15) is 13.5 Å². The first-order chi connectivity index (χ1) is 11.0. The molecule has 0 saturated carbocycles. The smallest absolute Gasteiger partial charge is 0.268 e. The molecule has 1 N–H and O–H groups in total. The van der Waals surface area contributed by atoms with Crippen molar-refractivity contribution in [1.82, 2.24) is 3.97 Å². The van der Waals surface area contributed by atoms with Crippen LogP contribution in [0.3, 0.4) is 0 Å². The molecule has 5 nitrogen and oxygen atoms in total. The van der Waals surface area contributed by atoms with Crippen LogP contribution in [0.4, 0.5) is 0 Å². The number of ether oxygens (including phenoxy) is 1. The van der Waals surface area contributed by atoms with E-state index in [1.807, 2.05) is 0 Å². The number of halogens is 1. The number of hydrogen-bond acceptors (Lipinski definition) is 4. The van der Waals surface area contributed by atoms with Gasteiger partial charge in [0, 0.05) is 21.6 Å². The molecule has 3 aromatic rings. The molecule has 0 unspecified atom stereocenters. The van der Waals surface area contributed by atoms with E-state index < -0.39 is 10.0 Å². The maximum Gasteiger partial charge on any atom is 0.268 e. The van der Waals surface area contributed by atoms with Gasteiger partial charge in [-0.05, 0) is 42.5 Å². The average molecular weight is 396 g/mol. The van der Waals surface area contributed by atoms with Crippen LogP contribution in [0.25, 0.3) is 10.9 Å². The second kappa shape index (κ2) is 5.99. The highest BCUT2D eigenvalue weighted by molar-refractivity contribution is 9.10. The van der Waals surface area contributed by atoms with Crippen LogP contribution in [-0.2, 0) is 16.6 Å². The number of benzene rings is 2. The van der Waals surface area contributed by atoms with E-state index in [2.05, 4.69) is 15.9 Å². The Morgan fingerprint density at radius 3 is 2.48 bits per heavy atom. The molecule has 2 aromatic carbocycles. The summed E-state index contributed by atoms with van der Waals surface area (Å²) in [5.74, 6) is 0.603. The van der Waals surface area contributed by atoms with Crippen LogP contribution in [0.1, 0.15) is 5.56 Å². The summed E-state index contributed by atoms with van der Waals surface area (Å²) in [6.07, 6.45) is 1.45. The number of aliphatic hydroxyl groups excluding tert-OH is 1. The van der Waals surface area contributed by atoms with Gasteiger partial charge in [0.05, 0.1) is 24.1 Å². The summed E-state index contributed by atoms with van der Waals surface area (Å²) in [7, 11) is -2.21. The molecule has 1 aromatic heterocycles. The van der Waals surface area contributed by atoms with Crippen LogP contribution in [0.15, 0.2) is 58.0 Å². The molecule has 0 amide bonds. The molecule has 0 aliphatic rings. The monoisotopic (exact) mass is 395 g/mol. The summed E-state index contributed by atoms with van der Waals surface area (Å²) in [5, 5.41) is 10.2. The molecule has 0 radical (unpaired) electrons. The summed E-state index contributed by atoms with van der Waals surface area (Å²) >= 11 is 3.29. The van der Waals surface area contributed by atoms with Gasteiger partial charge in [0.2, 0.25) is 0 Å². The molecule has 23 heavy (non-hydrogen) atoms. The topological polar surface area (TPSA) is 68.5 Å². The van der Waals surface area contributed by atoms with E-state index in [0.29, 0.717) is 22.2 Å². The van der Waals surface area contributed by atoms with E-state index in [1.54, 1.807) is 30.3 Å². The highest BCUT2D eigenvalue weighted by Gasteiger charge is 2.21. The fourth-order valence-electron chi connectivity index (χ4n) is 2.42. The van der Waals surface area contributed by atoms with Gasteiger partial charge in [-0.1, -0.05) is 15.9 Å². The van der Waals surface area contributed by atoms with Gasteiger partial charge in [-0.25, -0.2) is 12.4 Å². The van der Waals surface area contributed by atoms with E-state index in [0.717, 1.165) is 4.47 Å². The van der Waals surface area contributed by atoms with Gasteiger partial charge in [0.25, 0.3) is 10.0 Å². The van der Waals surface area contributed by atoms with Gasteiger partial charge < -0.3 is 9.84 Å². The first-order valence-corrected chi connectivity index (χ1v) is 9.00. The third-order valence-electron chi connectivity index (χ3n) is 3.60. The normalized spacial score (nSPS) is 11.8. The second-order valence-corrected chi connectivity index (χ2v) is 7.68. The maximum atomic E-state index is 12.9. The minimum absolute atomic E-state index is 0.179. The molecule has 0 aliphatic heterocycles. The minimum atomic E-state index is -3.75. The summed E-state index contributed by atoms with van der Waals surface area (Å²) in [6, 6.07) is 11.5. The minimum Gasteiger partial charge on any atom is -0.497 e. The van der Waals surface area contributed by atoms with Gasteiger partial charge >= 0.3 is 0 Å². The molecule has 120 valence electrons. The molecule has 0 atom stereocenters. The molecular weight excluding hydrogens is 382 g/mol. The summed E-state index contributed by atoms with van der Waals surface area (Å²) < 4.78 is 32.9. The Bertz CT molecular complexity index is 962. The third-order valence-corrected chi connectivity index (χ3v) is 5.82. The SMILES string of the molecule is COc1ccc2c(c1)c(CO)cn2S(=O)(=O)c1ccc(Br)cc1. The predicted molar refractivity (Wildman–Crippen MR) is 91.1 cm³/mol. The largest absolute Gasteiger partial charge is 0.497 e. The van der Waals surface area contributed by atoms with Gasteiger partial charge in [-0.3, -0.25) is 0 Å². The van der Waals surface area contributed by atoms with Crippen LogP contribution >= 0.6 is 15.9 Å². The fourth-order valence-corrected chi connectivity index (χ4v) is 4.07. The zero-order valence-corrected chi connectivity index (χ0v) is 14.6. The lowest BCUT2D eigenvalue weighted by Crippen LogP contribution is -2.11. The van der Waals surface area contributed by atoms with E-state index in [4.69, 9.17) is 4.74 Å². The number of hydrogen-bond donors (Lipinski definition) is 1. The van der Waals surface area contributed by atoms with Crippen molar-refractivity contribution >= 4 is 36.9 Å². The highest BCUT2D eigenvalue weighted by atomic mass is 79.9. The molecule has 0 aliphatic carbocycles. The van der Waals surface area contributed by atoms with Crippen molar-refractivity contribution in [3.8, 4) is 5.75 Å². The van der Waals surface area contributed by atoms with Crippen LogP contribution in [0.5, 0.6) is 5.75 Å². The summed E-state index contributed by atoms with van der Waals surface area (Å²) in [4.78, 5) is 0.179. The van der Waals surface area contributed by atoms with Crippen molar-refractivity contribution in [2.45, 2.75) is 11.5 Å². The fraction of sp³-hybridized carbons (Fsp3) is 0.125. The average Bonchev–Trinajstić information content (AvgIpc) is 2.93. The first-order valence-electron chi connectivity index (χ1n) is 6.77. The lowest BCUT2D eigenvalue weighted by molar-refractivity contribution is 0.283.